The minimum atomic E-state index is 0.190. The van der Waals surface area contributed by atoms with Gasteiger partial charge in [0.2, 0.25) is 0 Å². The number of hydrogen-bond donors (Lipinski definition) is 0. The van der Waals surface area contributed by atoms with Crippen molar-refractivity contribution < 1.29 is 0 Å². The van der Waals surface area contributed by atoms with Crippen LogP contribution < -0.4 is 0 Å². The van der Waals surface area contributed by atoms with Crippen LogP contribution in [0.15, 0.2) is 36.7 Å². The molecule has 2 heterocycles. The van der Waals surface area contributed by atoms with Gasteiger partial charge in [-0.25, -0.2) is 0 Å². The Balaban J connectivity index is 2.21. The van der Waals surface area contributed by atoms with Gasteiger partial charge in [-0.2, -0.15) is 5.26 Å². The molecular weight excluding hydrogens is 234 g/mol. The summed E-state index contributed by atoms with van der Waals surface area (Å²) in [6.07, 6.45) is 5.41. The molecule has 0 aromatic carbocycles. The van der Waals surface area contributed by atoms with Gasteiger partial charge in [0.05, 0.1) is 11.3 Å². The predicted molar refractivity (Wildman–Crippen MR) is 74.7 cm³/mol. The summed E-state index contributed by atoms with van der Waals surface area (Å²) in [6.45, 7) is 4.22. The van der Waals surface area contributed by atoms with Crippen molar-refractivity contribution in [3.63, 3.8) is 0 Å². The third kappa shape index (κ3) is 3.17. The van der Waals surface area contributed by atoms with E-state index in [-0.39, 0.29) is 5.92 Å². The summed E-state index contributed by atoms with van der Waals surface area (Å²) in [5, 5.41) is 9.11. The van der Waals surface area contributed by atoms with E-state index in [0.29, 0.717) is 5.56 Å². The van der Waals surface area contributed by atoms with Crippen LogP contribution in [0.25, 0.3) is 0 Å². The van der Waals surface area contributed by atoms with Crippen molar-refractivity contribution in [3.05, 3.63) is 59.2 Å². The second-order valence-corrected chi connectivity index (χ2v) is 4.66. The van der Waals surface area contributed by atoms with Crippen LogP contribution in [0.1, 0.15) is 42.3 Å². The summed E-state index contributed by atoms with van der Waals surface area (Å²) >= 11 is 0. The first kappa shape index (κ1) is 13.2. The zero-order chi connectivity index (χ0) is 13.7. The largest absolute Gasteiger partial charge is 0.261 e. The molecule has 0 aliphatic rings. The molecule has 96 valence electrons. The topological polar surface area (TPSA) is 49.6 Å². The standard InChI is InChI=1S/C16H17N3/c1-3-13-6-8-18-15(10-13)9-12(2)16-14(11-17)5-4-7-19-16/h4-8,10,12H,3,9H2,1-2H3. The van der Waals surface area contributed by atoms with E-state index >= 15 is 0 Å². The quantitative estimate of drug-likeness (QED) is 0.838. The summed E-state index contributed by atoms with van der Waals surface area (Å²) < 4.78 is 0. The first-order chi connectivity index (χ1) is 9.24. The minimum Gasteiger partial charge on any atom is -0.261 e. The van der Waals surface area contributed by atoms with Crippen LogP contribution in [0.3, 0.4) is 0 Å². The van der Waals surface area contributed by atoms with E-state index in [9.17, 15) is 0 Å². The van der Waals surface area contributed by atoms with Gasteiger partial charge in [-0.3, -0.25) is 9.97 Å². The van der Waals surface area contributed by atoms with Crippen LogP contribution >= 0.6 is 0 Å². The van der Waals surface area contributed by atoms with Gasteiger partial charge in [-0.15, -0.1) is 0 Å². The monoisotopic (exact) mass is 251 g/mol. The van der Waals surface area contributed by atoms with Gasteiger partial charge in [0.15, 0.2) is 0 Å². The molecule has 0 spiro atoms. The summed E-state index contributed by atoms with van der Waals surface area (Å²) in [5.41, 5.74) is 3.86. The lowest BCUT2D eigenvalue weighted by atomic mass is 9.96. The van der Waals surface area contributed by atoms with Gasteiger partial charge in [-0.05, 0) is 42.7 Å². The Hall–Kier alpha value is -2.21. The number of nitrogens with zero attached hydrogens (tertiary/aromatic N) is 3. The highest BCUT2D eigenvalue weighted by Gasteiger charge is 2.13. The molecule has 0 fully saturated rings. The fraction of sp³-hybridized carbons (Fsp3) is 0.312. The van der Waals surface area contributed by atoms with Gasteiger partial charge in [0.1, 0.15) is 6.07 Å². The number of aryl methyl sites for hydroxylation is 1. The molecule has 1 atom stereocenters. The Bertz CT molecular complexity index is 599. The molecule has 0 saturated carbocycles. The van der Waals surface area contributed by atoms with E-state index in [1.807, 2.05) is 18.3 Å². The fourth-order valence-corrected chi connectivity index (χ4v) is 2.17. The molecule has 0 amide bonds. The Morgan fingerprint density at radius 3 is 2.84 bits per heavy atom. The second-order valence-electron chi connectivity index (χ2n) is 4.66. The predicted octanol–water partition coefficient (Wildman–Crippen LogP) is 3.26. The first-order valence-corrected chi connectivity index (χ1v) is 6.53. The van der Waals surface area contributed by atoms with Crippen molar-refractivity contribution >= 4 is 0 Å². The molecule has 2 aromatic heterocycles. The average molecular weight is 251 g/mol. The summed E-state index contributed by atoms with van der Waals surface area (Å²) in [4.78, 5) is 8.74. The van der Waals surface area contributed by atoms with Crippen LogP contribution in [0.2, 0.25) is 0 Å². The van der Waals surface area contributed by atoms with Crippen LogP contribution in [-0.2, 0) is 12.8 Å². The smallest absolute Gasteiger partial charge is 0.101 e. The number of pyridine rings is 2. The number of rotatable bonds is 4. The Morgan fingerprint density at radius 1 is 1.26 bits per heavy atom. The summed E-state index contributed by atoms with van der Waals surface area (Å²) in [7, 11) is 0. The van der Waals surface area contributed by atoms with E-state index in [0.717, 1.165) is 24.2 Å². The number of nitriles is 1. The molecule has 0 aliphatic heterocycles. The maximum absolute atomic E-state index is 9.11. The van der Waals surface area contributed by atoms with Gasteiger partial charge in [0, 0.05) is 24.0 Å². The molecular formula is C16H17N3. The highest BCUT2D eigenvalue weighted by Crippen LogP contribution is 2.21. The first-order valence-electron chi connectivity index (χ1n) is 6.53. The fourth-order valence-electron chi connectivity index (χ4n) is 2.17. The summed E-state index contributed by atoms with van der Waals surface area (Å²) in [5.74, 6) is 0.190. The molecule has 0 radical (unpaired) electrons. The van der Waals surface area contributed by atoms with Crippen molar-refractivity contribution in [3.8, 4) is 6.07 Å². The van der Waals surface area contributed by atoms with Crippen molar-refractivity contribution in [1.29, 1.82) is 5.26 Å². The number of aromatic nitrogens is 2. The Kier molecular flexibility index (Phi) is 4.25. The highest BCUT2D eigenvalue weighted by atomic mass is 14.7. The van der Waals surface area contributed by atoms with Gasteiger partial charge >= 0.3 is 0 Å². The third-order valence-corrected chi connectivity index (χ3v) is 3.23. The van der Waals surface area contributed by atoms with Crippen LogP contribution in [0, 0.1) is 11.3 Å². The van der Waals surface area contributed by atoms with E-state index in [4.69, 9.17) is 5.26 Å². The Labute approximate surface area is 114 Å². The zero-order valence-corrected chi connectivity index (χ0v) is 11.3. The van der Waals surface area contributed by atoms with Gasteiger partial charge in [0.25, 0.3) is 0 Å². The maximum atomic E-state index is 9.11. The van der Waals surface area contributed by atoms with E-state index in [2.05, 4.69) is 36.0 Å². The summed E-state index contributed by atoms with van der Waals surface area (Å²) in [6, 6.07) is 9.98. The van der Waals surface area contributed by atoms with Crippen molar-refractivity contribution in [1.82, 2.24) is 9.97 Å². The van der Waals surface area contributed by atoms with Gasteiger partial charge < -0.3 is 0 Å². The maximum Gasteiger partial charge on any atom is 0.101 e. The lowest BCUT2D eigenvalue weighted by molar-refractivity contribution is 0.711. The molecule has 3 heteroatoms. The van der Waals surface area contributed by atoms with E-state index in [1.165, 1.54) is 5.56 Å². The second kappa shape index (κ2) is 6.10. The number of hydrogen-bond acceptors (Lipinski definition) is 3. The van der Waals surface area contributed by atoms with E-state index < -0.39 is 0 Å². The molecule has 3 nitrogen and oxygen atoms in total. The van der Waals surface area contributed by atoms with Crippen LogP contribution in [0.4, 0.5) is 0 Å². The zero-order valence-electron chi connectivity index (χ0n) is 11.3. The molecule has 1 unspecified atom stereocenters. The Morgan fingerprint density at radius 2 is 2.11 bits per heavy atom. The van der Waals surface area contributed by atoms with Crippen molar-refractivity contribution in [2.45, 2.75) is 32.6 Å². The molecule has 0 bridgehead atoms. The molecule has 2 rings (SSSR count). The molecule has 19 heavy (non-hydrogen) atoms. The average Bonchev–Trinajstić information content (AvgIpc) is 2.47. The highest BCUT2D eigenvalue weighted by molar-refractivity contribution is 5.35. The van der Waals surface area contributed by atoms with Crippen molar-refractivity contribution in [2.75, 3.05) is 0 Å². The van der Waals surface area contributed by atoms with Crippen molar-refractivity contribution in [2.24, 2.45) is 0 Å². The molecule has 0 N–H and O–H groups in total. The lowest BCUT2D eigenvalue weighted by Crippen LogP contribution is -2.05. The molecule has 2 aromatic rings. The third-order valence-electron chi connectivity index (χ3n) is 3.23. The molecule has 0 saturated heterocycles. The minimum absolute atomic E-state index is 0.190. The lowest BCUT2D eigenvalue weighted by Gasteiger charge is -2.12. The SMILES string of the molecule is CCc1ccnc(CC(C)c2ncccc2C#N)c1. The van der Waals surface area contributed by atoms with Crippen LogP contribution in [-0.4, -0.2) is 9.97 Å². The van der Waals surface area contributed by atoms with Crippen LogP contribution in [0.5, 0.6) is 0 Å². The van der Waals surface area contributed by atoms with E-state index in [1.54, 1.807) is 12.3 Å². The normalized spacial score (nSPS) is 11.8. The van der Waals surface area contributed by atoms with Gasteiger partial charge in [-0.1, -0.05) is 13.8 Å². The molecule has 0 aliphatic carbocycles.